The molecule has 120 valence electrons. The molecule has 0 radical (unpaired) electrons. The van der Waals surface area contributed by atoms with Gasteiger partial charge in [-0.3, -0.25) is 0 Å². The second kappa shape index (κ2) is 7.09. The highest BCUT2D eigenvalue weighted by Gasteiger charge is 2.22. The van der Waals surface area contributed by atoms with Crippen LogP contribution in [0.2, 0.25) is 0 Å². The molecule has 2 aromatic rings. The molecule has 0 N–H and O–H groups in total. The normalized spacial score (nSPS) is 16.5. The quantitative estimate of drug-likeness (QED) is 0.773. The SMILES string of the molecule is CC(C)C1OC=C(COc2ccc(Oc3ccccc3)cc2)O1. The van der Waals surface area contributed by atoms with E-state index in [0.717, 1.165) is 17.2 Å². The van der Waals surface area contributed by atoms with Crippen LogP contribution in [0.25, 0.3) is 0 Å². The van der Waals surface area contributed by atoms with Crippen molar-refractivity contribution in [1.29, 1.82) is 0 Å². The first-order valence-corrected chi connectivity index (χ1v) is 7.67. The first kappa shape index (κ1) is 15.3. The van der Waals surface area contributed by atoms with Crippen molar-refractivity contribution in [2.45, 2.75) is 20.1 Å². The molecular weight excluding hydrogens is 292 g/mol. The summed E-state index contributed by atoms with van der Waals surface area (Å²) in [4.78, 5) is 0. The molecule has 3 rings (SSSR count). The van der Waals surface area contributed by atoms with Gasteiger partial charge in [-0.25, -0.2) is 0 Å². The van der Waals surface area contributed by atoms with E-state index in [1.807, 2.05) is 68.4 Å². The summed E-state index contributed by atoms with van der Waals surface area (Å²) in [7, 11) is 0. The molecule has 1 heterocycles. The molecule has 1 aliphatic rings. The van der Waals surface area contributed by atoms with Gasteiger partial charge in [0.2, 0.25) is 6.29 Å². The Morgan fingerprint density at radius 3 is 2.22 bits per heavy atom. The molecule has 0 saturated heterocycles. The van der Waals surface area contributed by atoms with Crippen LogP contribution >= 0.6 is 0 Å². The van der Waals surface area contributed by atoms with Crippen molar-refractivity contribution >= 4 is 0 Å². The van der Waals surface area contributed by atoms with Gasteiger partial charge in [0.15, 0.2) is 5.76 Å². The van der Waals surface area contributed by atoms with Crippen molar-refractivity contribution in [2.75, 3.05) is 6.61 Å². The minimum absolute atomic E-state index is 0.213. The number of hydrogen-bond acceptors (Lipinski definition) is 4. The molecule has 0 spiro atoms. The van der Waals surface area contributed by atoms with E-state index in [1.54, 1.807) is 6.26 Å². The number of rotatable bonds is 6. The second-order valence-corrected chi connectivity index (χ2v) is 5.63. The van der Waals surface area contributed by atoms with Gasteiger partial charge in [0, 0.05) is 5.92 Å². The topological polar surface area (TPSA) is 36.9 Å². The van der Waals surface area contributed by atoms with Crippen molar-refractivity contribution in [3.63, 3.8) is 0 Å². The molecular formula is C19H20O4. The van der Waals surface area contributed by atoms with Crippen LogP contribution in [-0.4, -0.2) is 12.9 Å². The van der Waals surface area contributed by atoms with Crippen molar-refractivity contribution in [3.8, 4) is 17.2 Å². The van der Waals surface area contributed by atoms with Crippen LogP contribution in [0.1, 0.15) is 13.8 Å². The highest BCUT2D eigenvalue weighted by molar-refractivity contribution is 5.35. The maximum absolute atomic E-state index is 5.74. The smallest absolute Gasteiger partial charge is 0.242 e. The Morgan fingerprint density at radius 1 is 0.913 bits per heavy atom. The first-order chi connectivity index (χ1) is 11.2. The largest absolute Gasteiger partial charge is 0.486 e. The predicted octanol–water partition coefficient (Wildman–Crippen LogP) is 4.73. The van der Waals surface area contributed by atoms with Crippen LogP contribution in [0.15, 0.2) is 66.6 Å². The summed E-state index contributed by atoms with van der Waals surface area (Å²) >= 11 is 0. The van der Waals surface area contributed by atoms with Crippen molar-refractivity contribution in [1.82, 2.24) is 0 Å². The zero-order chi connectivity index (χ0) is 16.1. The molecule has 1 aliphatic heterocycles. The first-order valence-electron chi connectivity index (χ1n) is 7.67. The Balaban J connectivity index is 1.50. The summed E-state index contributed by atoms with van der Waals surface area (Å²) in [5.74, 6) is 3.33. The highest BCUT2D eigenvalue weighted by Crippen LogP contribution is 2.25. The molecule has 0 aromatic heterocycles. The summed E-state index contributed by atoms with van der Waals surface area (Å²) in [6, 6.07) is 17.2. The Bertz CT molecular complexity index is 647. The maximum atomic E-state index is 5.74. The predicted molar refractivity (Wildman–Crippen MR) is 87.3 cm³/mol. The standard InChI is InChI=1S/C19H20O4/c1-14(2)19-21-13-18(23-19)12-20-15-8-10-17(11-9-15)22-16-6-4-3-5-7-16/h3-11,13-14,19H,12H2,1-2H3. The zero-order valence-electron chi connectivity index (χ0n) is 13.3. The maximum Gasteiger partial charge on any atom is 0.242 e. The van der Waals surface area contributed by atoms with Gasteiger partial charge in [-0.2, -0.15) is 0 Å². The van der Waals surface area contributed by atoms with Gasteiger partial charge in [-0.1, -0.05) is 32.0 Å². The Kier molecular flexibility index (Phi) is 4.71. The third-order valence-electron chi connectivity index (χ3n) is 3.33. The lowest BCUT2D eigenvalue weighted by Gasteiger charge is -2.15. The molecule has 0 bridgehead atoms. The van der Waals surface area contributed by atoms with Gasteiger partial charge in [0.1, 0.15) is 30.1 Å². The van der Waals surface area contributed by atoms with E-state index in [4.69, 9.17) is 18.9 Å². The van der Waals surface area contributed by atoms with Crippen LogP contribution in [-0.2, 0) is 9.47 Å². The van der Waals surface area contributed by atoms with E-state index in [2.05, 4.69) is 0 Å². The summed E-state index contributed by atoms with van der Waals surface area (Å²) in [6.45, 7) is 4.45. The Labute approximate surface area is 136 Å². The second-order valence-electron chi connectivity index (χ2n) is 5.63. The molecule has 23 heavy (non-hydrogen) atoms. The van der Waals surface area contributed by atoms with Crippen molar-refractivity contribution in [2.24, 2.45) is 5.92 Å². The molecule has 0 fully saturated rings. The van der Waals surface area contributed by atoms with Crippen LogP contribution in [0, 0.1) is 5.92 Å². The van der Waals surface area contributed by atoms with Crippen LogP contribution in [0.3, 0.4) is 0 Å². The third kappa shape index (κ3) is 4.19. The summed E-state index contributed by atoms with van der Waals surface area (Å²) in [6.07, 6.45) is 1.41. The van der Waals surface area contributed by atoms with Crippen molar-refractivity contribution < 1.29 is 18.9 Å². The summed E-state index contributed by atoms with van der Waals surface area (Å²) in [5, 5.41) is 0. The molecule has 1 atom stereocenters. The average Bonchev–Trinajstić information content (AvgIpc) is 3.04. The van der Waals surface area contributed by atoms with E-state index >= 15 is 0 Å². The highest BCUT2D eigenvalue weighted by atomic mass is 16.7. The molecule has 1 unspecified atom stereocenters. The fourth-order valence-corrected chi connectivity index (χ4v) is 2.09. The van der Waals surface area contributed by atoms with Gasteiger partial charge in [0.05, 0.1) is 0 Å². The monoisotopic (exact) mass is 312 g/mol. The summed E-state index contributed by atoms with van der Waals surface area (Å²) < 4.78 is 22.5. The van der Waals surface area contributed by atoms with E-state index in [0.29, 0.717) is 18.3 Å². The van der Waals surface area contributed by atoms with Crippen LogP contribution in [0.4, 0.5) is 0 Å². The molecule has 0 aliphatic carbocycles. The molecule has 0 saturated carbocycles. The third-order valence-corrected chi connectivity index (χ3v) is 3.33. The van der Waals surface area contributed by atoms with E-state index in [9.17, 15) is 0 Å². The fraction of sp³-hybridized carbons (Fsp3) is 0.263. The van der Waals surface area contributed by atoms with Gasteiger partial charge in [-0.15, -0.1) is 0 Å². The van der Waals surface area contributed by atoms with E-state index in [-0.39, 0.29) is 6.29 Å². The van der Waals surface area contributed by atoms with Gasteiger partial charge in [0.25, 0.3) is 0 Å². The minimum Gasteiger partial charge on any atom is -0.486 e. The lowest BCUT2D eigenvalue weighted by molar-refractivity contribution is -0.0675. The van der Waals surface area contributed by atoms with Crippen LogP contribution in [0.5, 0.6) is 17.2 Å². The molecule has 2 aromatic carbocycles. The lowest BCUT2D eigenvalue weighted by Crippen LogP contribution is -2.17. The number of hydrogen-bond donors (Lipinski definition) is 0. The summed E-state index contributed by atoms with van der Waals surface area (Å²) in [5.41, 5.74) is 0. The minimum atomic E-state index is -0.213. The van der Waals surface area contributed by atoms with E-state index < -0.39 is 0 Å². The molecule has 4 heteroatoms. The number of benzene rings is 2. The van der Waals surface area contributed by atoms with Gasteiger partial charge in [-0.05, 0) is 36.4 Å². The Morgan fingerprint density at radius 2 is 1.57 bits per heavy atom. The fourth-order valence-electron chi connectivity index (χ4n) is 2.09. The van der Waals surface area contributed by atoms with Gasteiger partial charge < -0.3 is 18.9 Å². The Hall–Kier alpha value is -2.62. The van der Waals surface area contributed by atoms with E-state index in [1.165, 1.54) is 0 Å². The van der Waals surface area contributed by atoms with Crippen LogP contribution < -0.4 is 9.47 Å². The molecule has 0 amide bonds. The lowest BCUT2D eigenvalue weighted by atomic mass is 10.2. The average molecular weight is 312 g/mol. The van der Waals surface area contributed by atoms with Gasteiger partial charge >= 0.3 is 0 Å². The number of para-hydroxylation sites is 1. The zero-order valence-corrected chi connectivity index (χ0v) is 13.3. The van der Waals surface area contributed by atoms with Crippen molar-refractivity contribution in [3.05, 3.63) is 66.6 Å². The number of ether oxygens (including phenoxy) is 4. The molecule has 4 nitrogen and oxygen atoms in total.